The van der Waals surface area contributed by atoms with Gasteiger partial charge in [-0.25, -0.2) is 0 Å². The zero-order valence-electron chi connectivity index (χ0n) is 11.5. The van der Waals surface area contributed by atoms with E-state index in [4.69, 9.17) is 16.3 Å². The lowest BCUT2D eigenvalue weighted by molar-refractivity contribution is 0.415. The van der Waals surface area contributed by atoms with E-state index in [2.05, 4.69) is 12.2 Å². The van der Waals surface area contributed by atoms with Gasteiger partial charge in [0.05, 0.1) is 17.8 Å². The zero-order valence-corrected chi connectivity index (χ0v) is 12.2. The molecule has 0 heterocycles. The second-order valence-corrected chi connectivity index (χ2v) is 4.95. The Labute approximate surface area is 116 Å². The SMILES string of the molecule is CCCCCCCCNc1cc(OC)ccc1Cl. The molecule has 0 aliphatic carbocycles. The number of methoxy groups -OCH3 is 1. The van der Waals surface area contributed by atoms with Crippen LogP contribution in [0, 0.1) is 0 Å². The van der Waals surface area contributed by atoms with E-state index in [0.717, 1.165) is 23.0 Å². The number of unbranched alkanes of at least 4 members (excludes halogenated alkanes) is 5. The number of ether oxygens (including phenoxy) is 1. The molecular formula is C15H24ClNO. The molecule has 18 heavy (non-hydrogen) atoms. The molecule has 0 atom stereocenters. The number of benzene rings is 1. The van der Waals surface area contributed by atoms with Gasteiger partial charge in [-0.2, -0.15) is 0 Å². The number of halogens is 1. The summed E-state index contributed by atoms with van der Waals surface area (Å²) in [6.07, 6.45) is 7.83. The van der Waals surface area contributed by atoms with Crippen molar-refractivity contribution < 1.29 is 4.74 Å². The maximum atomic E-state index is 6.12. The molecule has 0 aliphatic rings. The van der Waals surface area contributed by atoms with Gasteiger partial charge in [0.2, 0.25) is 0 Å². The van der Waals surface area contributed by atoms with Gasteiger partial charge in [-0.3, -0.25) is 0 Å². The van der Waals surface area contributed by atoms with Gasteiger partial charge in [-0.05, 0) is 18.6 Å². The number of rotatable bonds is 9. The molecule has 0 aliphatic heterocycles. The van der Waals surface area contributed by atoms with Crippen LogP contribution in [0.25, 0.3) is 0 Å². The predicted octanol–water partition coefficient (Wildman–Crippen LogP) is 5.12. The molecule has 0 amide bonds. The fourth-order valence-corrected chi connectivity index (χ4v) is 2.08. The van der Waals surface area contributed by atoms with Crippen molar-refractivity contribution in [2.75, 3.05) is 19.0 Å². The highest BCUT2D eigenvalue weighted by Crippen LogP contribution is 2.26. The van der Waals surface area contributed by atoms with Crippen molar-refractivity contribution in [3.8, 4) is 5.75 Å². The van der Waals surface area contributed by atoms with E-state index in [-0.39, 0.29) is 0 Å². The second-order valence-electron chi connectivity index (χ2n) is 4.54. The van der Waals surface area contributed by atoms with Crippen LogP contribution >= 0.6 is 11.6 Å². The Morgan fingerprint density at radius 3 is 2.56 bits per heavy atom. The summed E-state index contributed by atoms with van der Waals surface area (Å²) in [5.74, 6) is 0.838. The van der Waals surface area contributed by atoms with E-state index < -0.39 is 0 Å². The Balaban J connectivity index is 2.22. The van der Waals surface area contributed by atoms with Crippen LogP contribution in [0.3, 0.4) is 0 Å². The van der Waals surface area contributed by atoms with Crippen LogP contribution in [0.4, 0.5) is 5.69 Å². The predicted molar refractivity (Wildman–Crippen MR) is 79.9 cm³/mol. The minimum Gasteiger partial charge on any atom is -0.497 e. The first-order chi connectivity index (χ1) is 8.77. The molecule has 1 N–H and O–H groups in total. The van der Waals surface area contributed by atoms with Gasteiger partial charge < -0.3 is 10.1 Å². The monoisotopic (exact) mass is 269 g/mol. The summed E-state index contributed by atoms with van der Waals surface area (Å²) >= 11 is 6.12. The Bertz CT molecular complexity index is 341. The molecule has 1 rings (SSSR count). The van der Waals surface area contributed by atoms with Crippen molar-refractivity contribution in [2.24, 2.45) is 0 Å². The van der Waals surface area contributed by atoms with Crippen LogP contribution in [0.15, 0.2) is 18.2 Å². The normalized spacial score (nSPS) is 10.4. The third-order valence-corrected chi connectivity index (χ3v) is 3.35. The van der Waals surface area contributed by atoms with Gasteiger partial charge in [-0.15, -0.1) is 0 Å². The lowest BCUT2D eigenvalue weighted by Crippen LogP contribution is -2.02. The summed E-state index contributed by atoms with van der Waals surface area (Å²) in [4.78, 5) is 0. The maximum Gasteiger partial charge on any atom is 0.121 e. The van der Waals surface area contributed by atoms with Crippen LogP contribution in [-0.4, -0.2) is 13.7 Å². The third kappa shape index (κ3) is 5.63. The summed E-state index contributed by atoms with van der Waals surface area (Å²) in [5, 5.41) is 4.12. The summed E-state index contributed by atoms with van der Waals surface area (Å²) in [7, 11) is 1.67. The highest BCUT2D eigenvalue weighted by molar-refractivity contribution is 6.33. The number of hydrogen-bond donors (Lipinski definition) is 1. The zero-order chi connectivity index (χ0) is 13.2. The van der Waals surface area contributed by atoms with Crippen LogP contribution < -0.4 is 10.1 Å². The molecule has 0 fully saturated rings. The van der Waals surface area contributed by atoms with Crippen molar-refractivity contribution in [2.45, 2.75) is 45.4 Å². The fourth-order valence-electron chi connectivity index (χ4n) is 1.90. The Morgan fingerprint density at radius 2 is 1.83 bits per heavy atom. The topological polar surface area (TPSA) is 21.3 Å². The number of nitrogens with one attached hydrogen (secondary N) is 1. The van der Waals surface area contributed by atoms with Crippen LogP contribution in [-0.2, 0) is 0 Å². The molecule has 102 valence electrons. The molecule has 0 radical (unpaired) electrons. The highest BCUT2D eigenvalue weighted by atomic mass is 35.5. The summed E-state index contributed by atoms with van der Waals surface area (Å²) in [6, 6.07) is 5.68. The third-order valence-electron chi connectivity index (χ3n) is 3.02. The molecule has 1 aromatic carbocycles. The molecule has 0 saturated carbocycles. The van der Waals surface area contributed by atoms with Crippen LogP contribution in [0.5, 0.6) is 5.75 Å². The highest BCUT2D eigenvalue weighted by Gasteiger charge is 2.01. The average molecular weight is 270 g/mol. The molecule has 0 bridgehead atoms. The summed E-state index contributed by atoms with van der Waals surface area (Å²) in [5.41, 5.74) is 0.963. The standard InChI is InChI=1S/C15H24ClNO/c1-3-4-5-6-7-8-11-17-15-12-13(18-2)9-10-14(15)16/h9-10,12,17H,3-8,11H2,1-2H3. The Kier molecular flexibility index (Phi) is 7.66. The number of anilines is 1. The molecule has 0 saturated heterocycles. The van der Waals surface area contributed by atoms with E-state index in [9.17, 15) is 0 Å². The summed E-state index contributed by atoms with van der Waals surface area (Å²) < 4.78 is 5.18. The van der Waals surface area contributed by atoms with Gasteiger partial charge in [0.25, 0.3) is 0 Å². The molecule has 1 aromatic rings. The van der Waals surface area contributed by atoms with Crippen molar-refractivity contribution in [3.63, 3.8) is 0 Å². The molecule has 0 spiro atoms. The van der Waals surface area contributed by atoms with E-state index in [0.29, 0.717) is 0 Å². The first kappa shape index (κ1) is 15.2. The molecular weight excluding hydrogens is 246 g/mol. The lowest BCUT2D eigenvalue weighted by atomic mass is 10.1. The Hall–Kier alpha value is -0.890. The molecule has 3 heteroatoms. The second kappa shape index (κ2) is 9.09. The Morgan fingerprint density at radius 1 is 1.11 bits per heavy atom. The van der Waals surface area contributed by atoms with Crippen molar-refractivity contribution in [1.29, 1.82) is 0 Å². The average Bonchev–Trinajstić information content (AvgIpc) is 2.39. The molecule has 0 aromatic heterocycles. The van der Waals surface area contributed by atoms with Gasteiger partial charge in [0, 0.05) is 12.6 Å². The van der Waals surface area contributed by atoms with Crippen LogP contribution in [0.1, 0.15) is 45.4 Å². The van der Waals surface area contributed by atoms with Gasteiger partial charge >= 0.3 is 0 Å². The van der Waals surface area contributed by atoms with E-state index in [1.54, 1.807) is 7.11 Å². The smallest absolute Gasteiger partial charge is 0.121 e. The van der Waals surface area contributed by atoms with Crippen molar-refractivity contribution in [3.05, 3.63) is 23.2 Å². The fraction of sp³-hybridized carbons (Fsp3) is 0.600. The maximum absolute atomic E-state index is 6.12. The van der Waals surface area contributed by atoms with Gasteiger partial charge in [-0.1, -0.05) is 50.6 Å². The largest absolute Gasteiger partial charge is 0.497 e. The van der Waals surface area contributed by atoms with Crippen molar-refractivity contribution in [1.82, 2.24) is 0 Å². The van der Waals surface area contributed by atoms with Crippen molar-refractivity contribution >= 4 is 17.3 Å². The van der Waals surface area contributed by atoms with Crippen LogP contribution in [0.2, 0.25) is 5.02 Å². The van der Waals surface area contributed by atoms with E-state index in [1.165, 1.54) is 38.5 Å². The molecule has 2 nitrogen and oxygen atoms in total. The first-order valence-corrected chi connectivity index (χ1v) is 7.23. The minimum absolute atomic E-state index is 0.752. The minimum atomic E-state index is 0.752. The van der Waals surface area contributed by atoms with Gasteiger partial charge in [0.1, 0.15) is 5.75 Å². The van der Waals surface area contributed by atoms with E-state index >= 15 is 0 Å². The van der Waals surface area contributed by atoms with Gasteiger partial charge in [0.15, 0.2) is 0 Å². The summed E-state index contributed by atoms with van der Waals surface area (Å²) in [6.45, 7) is 3.21. The first-order valence-electron chi connectivity index (χ1n) is 6.85. The molecule has 0 unspecified atom stereocenters. The quantitative estimate of drug-likeness (QED) is 0.628. The van der Waals surface area contributed by atoms with E-state index in [1.807, 2.05) is 18.2 Å². The number of hydrogen-bond acceptors (Lipinski definition) is 2. The lowest BCUT2D eigenvalue weighted by Gasteiger charge is -2.10.